The molecule has 0 radical (unpaired) electrons. The molecule has 2 amide bonds. The first-order chi connectivity index (χ1) is 20.8. The number of halogens is 1. The summed E-state index contributed by atoms with van der Waals surface area (Å²) in [5.74, 6) is -0.453. The van der Waals surface area contributed by atoms with Gasteiger partial charge in [-0.1, -0.05) is 6.07 Å². The van der Waals surface area contributed by atoms with Gasteiger partial charge < -0.3 is 20.1 Å². The number of hydrogen-bond donors (Lipinski definition) is 2. The molecule has 12 nitrogen and oxygen atoms in total. The van der Waals surface area contributed by atoms with Crippen LogP contribution in [0.5, 0.6) is 5.75 Å². The number of esters is 1. The third kappa shape index (κ3) is 4.59. The molecular weight excluding hydrogens is 557 g/mol. The summed E-state index contributed by atoms with van der Waals surface area (Å²) in [4.78, 5) is 47.4. The van der Waals surface area contributed by atoms with Gasteiger partial charge in [0.25, 0.3) is 11.8 Å². The molecule has 4 aliphatic rings. The fourth-order valence-electron chi connectivity index (χ4n) is 6.68. The van der Waals surface area contributed by atoms with Crippen molar-refractivity contribution >= 4 is 23.4 Å². The summed E-state index contributed by atoms with van der Waals surface area (Å²) in [6.07, 6.45) is 9.10. The minimum atomic E-state index is -0.744. The quantitative estimate of drug-likeness (QED) is 0.314. The number of benzene rings is 1. The number of ether oxygens (including phenoxy) is 2. The maximum absolute atomic E-state index is 14.6. The zero-order chi connectivity index (χ0) is 29.8. The second kappa shape index (κ2) is 10.2. The summed E-state index contributed by atoms with van der Waals surface area (Å²) in [5.41, 5.74) is 0.773. The van der Waals surface area contributed by atoms with Crippen LogP contribution in [0.25, 0.3) is 11.3 Å². The van der Waals surface area contributed by atoms with Gasteiger partial charge in [0.15, 0.2) is 17.3 Å². The molecule has 3 aromatic heterocycles. The molecule has 4 heterocycles. The van der Waals surface area contributed by atoms with E-state index in [2.05, 4.69) is 25.7 Å². The predicted molar refractivity (Wildman–Crippen MR) is 149 cm³/mol. The number of carbonyl (C=O) groups excluding carboxylic acids is 3. The first-order valence-corrected chi connectivity index (χ1v) is 14.3. The molecule has 222 valence electrons. The Kier molecular flexibility index (Phi) is 6.40. The predicted octanol–water partition coefficient (Wildman–Crippen LogP) is 3.12. The van der Waals surface area contributed by atoms with Crippen molar-refractivity contribution < 1.29 is 28.2 Å². The van der Waals surface area contributed by atoms with Gasteiger partial charge in [0.2, 0.25) is 0 Å². The van der Waals surface area contributed by atoms with Crippen molar-refractivity contribution in [1.82, 2.24) is 34.8 Å². The van der Waals surface area contributed by atoms with Gasteiger partial charge in [0.05, 0.1) is 24.4 Å². The topological polar surface area (TPSA) is 142 Å². The monoisotopic (exact) mass is 587 g/mol. The maximum atomic E-state index is 14.6. The molecule has 0 saturated heterocycles. The first-order valence-electron chi connectivity index (χ1n) is 14.3. The molecule has 1 aromatic carbocycles. The van der Waals surface area contributed by atoms with Crippen molar-refractivity contribution in [3.63, 3.8) is 0 Å². The number of fused-ring (bicyclic) bond motifs is 7. The number of methoxy groups -OCH3 is 1. The highest BCUT2D eigenvalue weighted by atomic mass is 19.1. The highest BCUT2D eigenvalue weighted by Gasteiger charge is 2.53. The van der Waals surface area contributed by atoms with Gasteiger partial charge in [0.1, 0.15) is 23.7 Å². The number of hydrogen-bond acceptors (Lipinski definition) is 8. The number of imidazole rings is 1. The normalized spacial score (nSPS) is 21.9. The number of amides is 2. The van der Waals surface area contributed by atoms with E-state index in [9.17, 15) is 18.8 Å². The molecule has 1 aliphatic heterocycles. The van der Waals surface area contributed by atoms with E-state index in [1.165, 1.54) is 13.2 Å². The Hall–Kier alpha value is -4.81. The van der Waals surface area contributed by atoms with Crippen LogP contribution in [-0.2, 0) is 22.7 Å². The van der Waals surface area contributed by atoms with Crippen molar-refractivity contribution in [2.75, 3.05) is 13.7 Å². The van der Waals surface area contributed by atoms with E-state index in [0.29, 0.717) is 18.9 Å². The third-order valence-corrected chi connectivity index (χ3v) is 9.35. The summed E-state index contributed by atoms with van der Waals surface area (Å²) in [6.45, 7) is 0.948. The number of nitrogens with one attached hydrogen (secondary N) is 2. The van der Waals surface area contributed by atoms with Crippen LogP contribution in [0.2, 0.25) is 0 Å². The molecule has 3 fully saturated rings. The first kappa shape index (κ1) is 27.0. The molecule has 0 unspecified atom stereocenters. The minimum Gasteiger partial charge on any atom is -0.483 e. The van der Waals surface area contributed by atoms with E-state index < -0.39 is 23.0 Å². The van der Waals surface area contributed by atoms with Gasteiger partial charge in [-0.3, -0.25) is 19.0 Å². The van der Waals surface area contributed by atoms with Crippen LogP contribution in [-0.4, -0.2) is 55.6 Å². The Bertz CT molecular complexity index is 1760. The molecule has 13 heteroatoms. The van der Waals surface area contributed by atoms with E-state index >= 15 is 0 Å². The SMILES string of the molecule is COC(=O)C12CCC(CNC(=O)c3cc(C(=O)NCc4ccc5c(c4)-n4ccnc4CO5)nc4c(F)cnn34)(CC1)CC2. The van der Waals surface area contributed by atoms with Crippen LogP contribution in [0.15, 0.2) is 42.9 Å². The van der Waals surface area contributed by atoms with Gasteiger partial charge >= 0.3 is 5.97 Å². The van der Waals surface area contributed by atoms with Crippen LogP contribution >= 0.6 is 0 Å². The summed E-state index contributed by atoms with van der Waals surface area (Å²) in [6, 6.07) is 6.90. The Morgan fingerprint density at radius 3 is 2.63 bits per heavy atom. The van der Waals surface area contributed by atoms with Crippen LogP contribution in [0.3, 0.4) is 0 Å². The Labute approximate surface area is 245 Å². The number of nitrogens with zero attached hydrogens (tertiary/aromatic N) is 5. The maximum Gasteiger partial charge on any atom is 0.311 e. The van der Waals surface area contributed by atoms with Gasteiger partial charge in [-0.2, -0.15) is 5.10 Å². The van der Waals surface area contributed by atoms with Crippen LogP contribution < -0.4 is 15.4 Å². The van der Waals surface area contributed by atoms with Crippen LogP contribution in [0.4, 0.5) is 4.39 Å². The summed E-state index contributed by atoms with van der Waals surface area (Å²) < 4.78 is 28.4. The van der Waals surface area contributed by atoms with Gasteiger partial charge in [-0.25, -0.2) is 18.9 Å². The lowest BCUT2D eigenvalue weighted by molar-refractivity contribution is -0.162. The van der Waals surface area contributed by atoms with Crippen molar-refractivity contribution in [2.24, 2.45) is 10.8 Å². The van der Waals surface area contributed by atoms with E-state index in [1.807, 2.05) is 29.0 Å². The Morgan fingerprint density at radius 2 is 1.86 bits per heavy atom. The van der Waals surface area contributed by atoms with E-state index in [4.69, 9.17) is 9.47 Å². The molecule has 2 N–H and O–H groups in total. The lowest BCUT2D eigenvalue weighted by Gasteiger charge is -2.51. The molecule has 3 saturated carbocycles. The fourth-order valence-corrected chi connectivity index (χ4v) is 6.68. The molecule has 0 atom stereocenters. The molecule has 4 aromatic rings. The van der Waals surface area contributed by atoms with Gasteiger partial charge in [-0.05, 0) is 61.6 Å². The van der Waals surface area contributed by atoms with Crippen molar-refractivity contribution in [3.8, 4) is 11.4 Å². The Morgan fingerprint density at radius 1 is 1.07 bits per heavy atom. The summed E-state index contributed by atoms with van der Waals surface area (Å²) in [7, 11) is 1.43. The number of rotatable bonds is 7. The standard InChI is InChI=1S/C30H30FN7O5/c1-42-28(41)30-7-4-29(5-8-30,6-9-30)17-34-27(40)22-13-20(36-25-19(31)15-35-38(22)25)26(39)33-14-18-2-3-23-21(12-18)37-11-10-32-24(37)16-43-23/h2-3,10-13,15H,4-9,14,16-17H2,1H3,(H,33,39)(H,34,40). The van der Waals surface area contributed by atoms with E-state index in [1.54, 1.807) is 6.20 Å². The summed E-state index contributed by atoms with van der Waals surface area (Å²) >= 11 is 0. The van der Waals surface area contributed by atoms with E-state index in [0.717, 1.165) is 66.3 Å². The largest absolute Gasteiger partial charge is 0.483 e. The molecule has 0 spiro atoms. The second-order valence-corrected chi connectivity index (χ2v) is 11.7. The van der Waals surface area contributed by atoms with Crippen LogP contribution in [0.1, 0.15) is 70.9 Å². The zero-order valence-electron chi connectivity index (χ0n) is 23.6. The molecule has 2 bridgehead atoms. The molecule has 8 rings (SSSR count). The fraction of sp³-hybridized carbons (Fsp3) is 0.400. The highest BCUT2D eigenvalue weighted by molar-refractivity contribution is 5.98. The lowest BCUT2D eigenvalue weighted by atomic mass is 9.53. The zero-order valence-corrected chi connectivity index (χ0v) is 23.6. The second-order valence-electron chi connectivity index (χ2n) is 11.7. The average Bonchev–Trinajstić information content (AvgIpc) is 3.69. The van der Waals surface area contributed by atoms with Gasteiger partial charge in [-0.15, -0.1) is 0 Å². The third-order valence-electron chi connectivity index (χ3n) is 9.35. The summed E-state index contributed by atoms with van der Waals surface area (Å²) in [5, 5.41) is 9.78. The van der Waals surface area contributed by atoms with Crippen molar-refractivity contribution in [1.29, 1.82) is 0 Å². The molecular formula is C30H30FN7O5. The van der Waals surface area contributed by atoms with Crippen molar-refractivity contribution in [3.05, 3.63) is 71.4 Å². The number of carbonyl (C=O) groups is 3. The Balaban J connectivity index is 1.06. The number of aromatic nitrogens is 5. The average molecular weight is 588 g/mol. The van der Waals surface area contributed by atoms with Gasteiger partial charge in [0, 0.05) is 31.5 Å². The molecule has 43 heavy (non-hydrogen) atoms. The van der Waals surface area contributed by atoms with Crippen molar-refractivity contribution in [2.45, 2.75) is 51.7 Å². The van der Waals surface area contributed by atoms with E-state index in [-0.39, 0.29) is 35.0 Å². The molecule has 3 aliphatic carbocycles. The minimum absolute atomic E-state index is 0.00421. The highest BCUT2D eigenvalue weighted by Crippen LogP contribution is 2.57. The van der Waals surface area contributed by atoms with Crippen LogP contribution in [0, 0.1) is 16.6 Å². The smallest absolute Gasteiger partial charge is 0.311 e. The lowest BCUT2D eigenvalue weighted by Crippen LogP contribution is -2.50.